The van der Waals surface area contributed by atoms with Gasteiger partial charge in [-0.1, -0.05) is 13.3 Å². The van der Waals surface area contributed by atoms with Crippen LogP contribution >= 0.6 is 11.3 Å². The van der Waals surface area contributed by atoms with Crippen molar-refractivity contribution in [2.45, 2.75) is 39.2 Å². The summed E-state index contributed by atoms with van der Waals surface area (Å²) in [6.45, 7) is 7.93. The Morgan fingerprint density at radius 3 is 2.88 bits per heavy atom. The normalized spacial score (nSPS) is 17.5. The fourth-order valence-electron chi connectivity index (χ4n) is 2.23. The third-order valence-corrected chi connectivity index (χ3v) is 4.30. The molecular weight excluding hydrogens is 230 g/mol. The van der Waals surface area contributed by atoms with Crippen molar-refractivity contribution in [1.82, 2.24) is 15.2 Å². The zero-order chi connectivity index (χ0) is 11.9. The third kappa shape index (κ3) is 4.37. The number of likely N-dealkylation sites (tertiary alicyclic amines) is 1. The summed E-state index contributed by atoms with van der Waals surface area (Å²) in [5, 5.41) is 6.91. The Morgan fingerprint density at radius 2 is 2.18 bits per heavy atom. The van der Waals surface area contributed by atoms with Crippen LogP contribution in [0.3, 0.4) is 0 Å². The smallest absolute Gasteiger partial charge is 0.0926 e. The van der Waals surface area contributed by atoms with E-state index in [0.717, 1.165) is 19.5 Å². The standard InChI is InChI=1S/C13H23N3S/c1-2-13-15-12(11-17-13)10-14-6-9-16-7-4-3-5-8-16/h11,14H,2-10H2,1H3. The Balaban J connectivity index is 1.59. The van der Waals surface area contributed by atoms with Gasteiger partial charge in [-0.25, -0.2) is 4.98 Å². The number of rotatable bonds is 6. The number of piperidine rings is 1. The van der Waals surface area contributed by atoms with Crippen molar-refractivity contribution >= 4 is 11.3 Å². The molecular formula is C13H23N3S. The molecule has 3 nitrogen and oxygen atoms in total. The summed E-state index contributed by atoms with van der Waals surface area (Å²) in [4.78, 5) is 7.12. The largest absolute Gasteiger partial charge is 0.310 e. The van der Waals surface area contributed by atoms with E-state index in [4.69, 9.17) is 0 Å². The number of nitrogens with one attached hydrogen (secondary N) is 1. The van der Waals surface area contributed by atoms with Gasteiger partial charge in [-0.05, 0) is 32.4 Å². The van der Waals surface area contributed by atoms with Crippen LogP contribution in [0.5, 0.6) is 0 Å². The molecule has 1 N–H and O–H groups in total. The fraction of sp³-hybridized carbons (Fsp3) is 0.769. The molecule has 1 aliphatic rings. The lowest BCUT2D eigenvalue weighted by atomic mass is 10.1. The van der Waals surface area contributed by atoms with Gasteiger partial charge < -0.3 is 10.2 Å². The van der Waals surface area contributed by atoms with Gasteiger partial charge in [-0.3, -0.25) is 0 Å². The molecule has 0 unspecified atom stereocenters. The van der Waals surface area contributed by atoms with E-state index in [0.29, 0.717) is 0 Å². The van der Waals surface area contributed by atoms with E-state index in [1.54, 1.807) is 11.3 Å². The Labute approximate surface area is 108 Å². The van der Waals surface area contributed by atoms with Crippen LogP contribution in [0.1, 0.15) is 36.9 Å². The molecule has 0 atom stereocenters. The SMILES string of the molecule is CCc1nc(CNCCN2CCCCC2)cs1. The molecule has 1 aromatic rings. The molecule has 1 saturated heterocycles. The van der Waals surface area contributed by atoms with E-state index in [2.05, 4.69) is 27.5 Å². The van der Waals surface area contributed by atoms with Gasteiger partial charge in [-0.2, -0.15) is 0 Å². The van der Waals surface area contributed by atoms with Gasteiger partial charge in [0.2, 0.25) is 0 Å². The van der Waals surface area contributed by atoms with Gasteiger partial charge in [0, 0.05) is 25.0 Å². The number of aromatic nitrogens is 1. The van der Waals surface area contributed by atoms with Gasteiger partial charge >= 0.3 is 0 Å². The lowest BCUT2D eigenvalue weighted by molar-refractivity contribution is 0.229. The van der Waals surface area contributed by atoms with Gasteiger partial charge in [0.25, 0.3) is 0 Å². The van der Waals surface area contributed by atoms with Crippen molar-refractivity contribution in [3.63, 3.8) is 0 Å². The van der Waals surface area contributed by atoms with Crippen molar-refractivity contribution in [3.05, 3.63) is 16.1 Å². The molecule has 1 aliphatic heterocycles. The lowest BCUT2D eigenvalue weighted by Gasteiger charge is -2.26. The van der Waals surface area contributed by atoms with Crippen LogP contribution in [-0.4, -0.2) is 36.1 Å². The summed E-state index contributed by atoms with van der Waals surface area (Å²) in [5.74, 6) is 0. The molecule has 0 bridgehead atoms. The average Bonchev–Trinajstić information content (AvgIpc) is 2.84. The van der Waals surface area contributed by atoms with Crippen molar-refractivity contribution in [2.75, 3.05) is 26.2 Å². The highest BCUT2D eigenvalue weighted by molar-refractivity contribution is 7.09. The summed E-state index contributed by atoms with van der Waals surface area (Å²) in [6, 6.07) is 0. The maximum Gasteiger partial charge on any atom is 0.0926 e. The lowest BCUT2D eigenvalue weighted by Crippen LogP contribution is -2.35. The number of hydrogen-bond donors (Lipinski definition) is 1. The van der Waals surface area contributed by atoms with Gasteiger partial charge in [0.1, 0.15) is 0 Å². The van der Waals surface area contributed by atoms with E-state index in [1.165, 1.54) is 49.6 Å². The van der Waals surface area contributed by atoms with Crippen LogP contribution in [-0.2, 0) is 13.0 Å². The molecule has 0 aromatic carbocycles. The van der Waals surface area contributed by atoms with Gasteiger partial charge in [0.05, 0.1) is 10.7 Å². The zero-order valence-corrected chi connectivity index (χ0v) is 11.6. The molecule has 2 heterocycles. The minimum atomic E-state index is 0.921. The fourth-order valence-corrected chi connectivity index (χ4v) is 2.97. The van der Waals surface area contributed by atoms with Gasteiger partial charge in [-0.15, -0.1) is 11.3 Å². The first-order valence-corrected chi connectivity index (χ1v) is 7.63. The highest BCUT2D eigenvalue weighted by Gasteiger charge is 2.08. The molecule has 0 saturated carbocycles. The molecule has 96 valence electrons. The van der Waals surface area contributed by atoms with Crippen molar-refractivity contribution in [2.24, 2.45) is 0 Å². The Kier molecular flexibility index (Phi) is 5.42. The van der Waals surface area contributed by atoms with Crippen molar-refractivity contribution in [1.29, 1.82) is 0 Å². The molecule has 4 heteroatoms. The highest BCUT2D eigenvalue weighted by Crippen LogP contribution is 2.10. The molecule has 0 amide bonds. The molecule has 0 radical (unpaired) electrons. The van der Waals surface area contributed by atoms with Crippen LogP contribution in [0, 0.1) is 0 Å². The summed E-state index contributed by atoms with van der Waals surface area (Å²) < 4.78 is 0. The predicted octanol–water partition coefficient (Wildman–Crippen LogP) is 2.28. The van der Waals surface area contributed by atoms with Crippen molar-refractivity contribution < 1.29 is 0 Å². The van der Waals surface area contributed by atoms with E-state index < -0.39 is 0 Å². The molecule has 2 rings (SSSR count). The summed E-state index contributed by atoms with van der Waals surface area (Å²) in [6.07, 6.45) is 5.24. The highest BCUT2D eigenvalue weighted by atomic mass is 32.1. The number of hydrogen-bond acceptors (Lipinski definition) is 4. The van der Waals surface area contributed by atoms with E-state index >= 15 is 0 Å². The molecule has 1 aromatic heterocycles. The second-order valence-electron chi connectivity index (χ2n) is 4.67. The maximum atomic E-state index is 4.56. The van der Waals surface area contributed by atoms with E-state index in [9.17, 15) is 0 Å². The Bertz CT molecular complexity index is 318. The average molecular weight is 253 g/mol. The number of nitrogens with zero attached hydrogens (tertiary/aromatic N) is 2. The first-order valence-electron chi connectivity index (χ1n) is 6.75. The number of aryl methyl sites for hydroxylation is 1. The van der Waals surface area contributed by atoms with Crippen LogP contribution in [0.4, 0.5) is 0 Å². The molecule has 0 spiro atoms. The molecule has 1 fully saturated rings. The first-order chi connectivity index (χ1) is 8.38. The zero-order valence-electron chi connectivity index (χ0n) is 10.7. The monoisotopic (exact) mass is 253 g/mol. The van der Waals surface area contributed by atoms with Crippen molar-refractivity contribution in [3.8, 4) is 0 Å². The van der Waals surface area contributed by atoms with Gasteiger partial charge in [0.15, 0.2) is 0 Å². The summed E-state index contributed by atoms with van der Waals surface area (Å²) in [5.41, 5.74) is 1.20. The van der Waals surface area contributed by atoms with E-state index in [-0.39, 0.29) is 0 Å². The van der Waals surface area contributed by atoms with Crippen LogP contribution < -0.4 is 5.32 Å². The Morgan fingerprint density at radius 1 is 1.35 bits per heavy atom. The Hall–Kier alpha value is -0.450. The maximum absolute atomic E-state index is 4.56. The quantitative estimate of drug-likeness (QED) is 0.788. The minimum absolute atomic E-state index is 0.921. The molecule has 17 heavy (non-hydrogen) atoms. The molecule has 0 aliphatic carbocycles. The number of thiazole rings is 1. The van der Waals surface area contributed by atoms with Crippen LogP contribution in [0.25, 0.3) is 0 Å². The van der Waals surface area contributed by atoms with Crippen LogP contribution in [0.15, 0.2) is 5.38 Å². The summed E-state index contributed by atoms with van der Waals surface area (Å²) in [7, 11) is 0. The minimum Gasteiger partial charge on any atom is -0.310 e. The summed E-state index contributed by atoms with van der Waals surface area (Å²) >= 11 is 1.77. The first kappa shape index (κ1) is 13.0. The second kappa shape index (κ2) is 7.09. The predicted molar refractivity (Wildman–Crippen MR) is 73.5 cm³/mol. The van der Waals surface area contributed by atoms with E-state index in [1.807, 2.05) is 0 Å². The third-order valence-electron chi connectivity index (χ3n) is 3.26. The second-order valence-corrected chi connectivity index (χ2v) is 5.61. The topological polar surface area (TPSA) is 28.2 Å². The van der Waals surface area contributed by atoms with Crippen LogP contribution in [0.2, 0.25) is 0 Å².